The van der Waals surface area contributed by atoms with E-state index < -0.39 is 11.9 Å². The van der Waals surface area contributed by atoms with Crippen LogP contribution < -0.4 is 4.74 Å². The summed E-state index contributed by atoms with van der Waals surface area (Å²) >= 11 is 3.43. The fourth-order valence-corrected chi connectivity index (χ4v) is 2.39. The second-order valence-corrected chi connectivity index (χ2v) is 5.76. The number of para-hydroxylation sites is 2. The van der Waals surface area contributed by atoms with Gasteiger partial charge in [0.2, 0.25) is 0 Å². The zero-order chi connectivity index (χ0) is 18.2. The van der Waals surface area contributed by atoms with E-state index in [9.17, 15) is 0 Å². The Hall–Kier alpha value is -2.87. The number of aliphatic carboxylic acids is 2. The molecule has 1 aromatic heterocycles. The number of ether oxygens (including phenoxy) is 1. The van der Waals surface area contributed by atoms with Crippen LogP contribution in [0.4, 0.5) is 0 Å². The number of hydrogen-bond acceptors (Lipinski definition) is 4. The Bertz CT molecular complexity index is 866. The van der Waals surface area contributed by atoms with Crippen LogP contribution in [0.1, 0.15) is 0 Å². The molecule has 0 unspecified atom stereocenters. The molecule has 0 aliphatic carbocycles. The van der Waals surface area contributed by atoms with Crippen LogP contribution in [0.2, 0.25) is 0 Å². The Balaban J connectivity index is 0.000000326. The van der Waals surface area contributed by atoms with E-state index in [0.29, 0.717) is 6.61 Å². The Morgan fingerprint density at radius 1 is 1.08 bits per heavy atom. The van der Waals surface area contributed by atoms with Crippen molar-refractivity contribution in [3.05, 3.63) is 59.3 Å². The van der Waals surface area contributed by atoms with Gasteiger partial charge >= 0.3 is 11.9 Å². The van der Waals surface area contributed by atoms with Crippen molar-refractivity contribution in [3.8, 4) is 5.75 Å². The SMILES string of the molecule is Brc1cccc(OCCn2cnc3ccccc32)c1.O=C(O)C(=O)O. The van der Waals surface area contributed by atoms with E-state index in [1.165, 1.54) is 0 Å². The molecule has 2 aromatic carbocycles. The lowest BCUT2D eigenvalue weighted by atomic mass is 10.3. The highest BCUT2D eigenvalue weighted by atomic mass is 79.9. The van der Waals surface area contributed by atoms with Crippen molar-refractivity contribution in [2.75, 3.05) is 6.61 Å². The van der Waals surface area contributed by atoms with Crippen LogP contribution in [0.15, 0.2) is 59.3 Å². The fraction of sp³-hybridized carbons (Fsp3) is 0.118. The monoisotopic (exact) mass is 406 g/mol. The van der Waals surface area contributed by atoms with Gasteiger partial charge in [0.1, 0.15) is 12.4 Å². The van der Waals surface area contributed by atoms with E-state index >= 15 is 0 Å². The Kier molecular flexibility index (Phi) is 6.53. The highest BCUT2D eigenvalue weighted by Crippen LogP contribution is 2.18. The third kappa shape index (κ3) is 5.61. The molecule has 8 heteroatoms. The number of carboxylic acid groups (broad SMARTS) is 2. The lowest BCUT2D eigenvalue weighted by molar-refractivity contribution is -0.159. The number of rotatable bonds is 4. The van der Waals surface area contributed by atoms with Crippen molar-refractivity contribution in [1.29, 1.82) is 0 Å². The lowest BCUT2D eigenvalue weighted by Crippen LogP contribution is -2.09. The van der Waals surface area contributed by atoms with Crippen LogP contribution in [0.25, 0.3) is 11.0 Å². The summed E-state index contributed by atoms with van der Waals surface area (Å²) in [7, 11) is 0. The topological polar surface area (TPSA) is 102 Å². The molecule has 0 atom stereocenters. The van der Waals surface area contributed by atoms with Gasteiger partial charge in [0.15, 0.2) is 0 Å². The van der Waals surface area contributed by atoms with Gasteiger partial charge in [-0.05, 0) is 30.3 Å². The van der Waals surface area contributed by atoms with Crippen LogP contribution in [0.3, 0.4) is 0 Å². The summed E-state index contributed by atoms with van der Waals surface area (Å²) in [6.45, 7) is 1.41. The number of fused-ring (bicyclic) bond motifs is 1. The van der Waals surface area contributed by atoms with Crippen LogP contribution in [0.5, 0.6) is 5.75 Å². The van der Waals surface area contributed by atoms with E-state index in [1.807, 2.05) is 48.8 Å². The predicted molar refractivity (Wildman–Crippen MR) is 94.6 cm³/mol. The molecule has 0 aliphatic rings. The predicted octanol–water partition coefficient (Wildman–Crippen LogP) is 3.03. The summed E-state index contributed by atoms with van der Waals surface area (Å²) < 4.78 is 8.86. The first-order valence-electron chi connectivity index (χ1n) is 7.22. The molecular weight excluding hydrogens is 392 g/mol. The number of carboxylic acids is 2. The highest BCUT2D eigenvalue weighted by Gasteiger charge is 2.04. The molecule has 0 saturated heterocycles. The zero-order valence-corrected chi connectivity index (χ0v) is 14.6. The highest BCUT2D eigenvalue weighted by molar-refractivity contribution is 9.10. The summed E-state index contributed by atoms with van der Waals surface area (Å²) in [6.07, 6.45) is 1.86. The smallest absolute Gasteiger partial charge is 0.414 e. The minimum Gasteiger partial charge on any atom is -0.492 e. The van der Waals surface area contributed by atoms with Gasteiger partial charge in [-0.2, -0.15) is 0 Å². The normalized spacial score (nSPS) is 9.96. The molecule has 0 saturated carbocycles. The average molecular weight is 407 g/mol. The number of carbonyl (C=O) groups is 2. The van der Waals surface area contributed by atoms with E-state index in [1.54, 1.807) is 0 Å². The Labute approximate surface area is 151 Å². The molecule has 7 nitrogen and oxygen atoms in total. The van der Waals surface area contributed by atoms with Crippen molar-refractivity contribution >= 4 is 38.9 Å². The van der Waals surface area contributed by atoms with Crippen LogP contribution in [-0.2, 0) is 16.1 Å². The molecule has 3 aromatic rings. The zero-order valence-electron chi connectivity index (χ0n) is 13.0. The van der Waals surface area contributed by atoms with Gasteiger partial charge in [-0.3, -0.25) is 0 Å². The minimum absolute atomic E-state index is 0.622. The summed E-state index contributed by atoms with van der Waals surface area (Å²) in [4.78, 5) is 22.6. The summed E-state index contributed by atoms with van der Waals surface area (Å²) in [5.41, 5.74) is 2.16. The Morgan fingerprint density at radius 2 is 1.80 bits per heavy atom. The third-order valence-corrected chi connectivity index (χ3v) is 3.60. The Morgan fingerprint density at radius 3 is 2.48 bits per heavy atom. The van der Waals surface area contributed by atoms with E-state index in [-0.39, 0.29) is 0 Å². The van der Waals surface area contributed by atoms with Crippen molar-refractivity contribution in [2.45, 2.75) is 6.54 Å². The summed E-state index contributed by atoms with van der Waals surface area (Å²) in [5, 5.41) is 14.8. The maximum Gasteiger partial charge on any atom is 0.414 e. The van der Waals surface area contributed by atoms with Gasteiger partial charge in [-0.25, -0.2) is 14.6 Å². The average Bonchev–Trinajstić information content (AvgIpc) is 2.99. The molecule has 0 spiro atoms. The number of benzene rings is 2. The lowest BCUT2D eigenvalue weighted by Gasteiger charge is -2.07. The second-order valence-electron chi connectivity index (χ2n) is 4.84. The summed E-state index contributed by atoms with van der Waals surface area (Å²) in [6, 6.07) is 16.0. The maximum atomic E-state index is 9.10. The van der Waals surface area contributed by atoms with Gasteiger partial charge in [-0.15, -0.1) is 0 Å². The third-order valence-electron chi connectivity index (χ3n) is 3.11. The van der Waals surface area contributed by atoms with Crippen LogP contribution >= 0.6 is 15.9 Å². The number of halogens is 1. The minimum atomic E-state index is -1.82. The van der Waals surface area contributed by atoms with Gasteiger partial charge in [0.05, 0.1) is 23.9 Å². The molecule has 0 amide bonds. The van der Waals surface area contributed by atoms with E-state index in [4.69, 9.17) is 24.5 Å². The van der Waals surface area contributed by atoms with Crippen LogP contribution in [0, 0.1) is 0 Å². The quantitative estimate of drug-likeness (QED) is 0.645. The van der Waals surface area contributed by atoms with Crippen molar-refractivity contribution < 1.29 is 24.5 Å². The number of hydrogen-bond donors (Lipinski definition) is 2. The molecule has 0 radical (unpaired) electrons. The molecule has 0 aliphatic heterocycles. The van der Waals surface area contributed by atoms with Gasteiger partial charge < -0.3 is 19.5 Å². The first-order chi connectivity index (χ1) is 12.0. The van der Waals surface area contributed by atoms with Crippen LogP contribution in [-0.4, -0.2) is 38.3 Å². The molecule has 130 valence electrons. The standard InChI is InChI=1S/C15H13BrN2O.C2H2O4/c16-12-4-3-5-13(10-12)19-9-8-18-11-17-14-6-1-2-7-15(14)18;3-1(4)2(5)6/h1-7,10-11H,8-9H2;(H,3,4)(H,5,6). The van der Waals surface area contributed by atoms with Crippen molar-refractivity contribution in [1.82, 2.24) is 9.55 Å². The first-order valence-corrected chi connectivity index (χ1v) is 8.01. The van der Waals surface area contributed by atoms with E-state index in [0.717, 1.165) is 27.8 Å². The van der Waals surface area contributed by atoms with Crippen molar-refractivity contribution in [3.63, 3.8) is 0 Å². The van der Waals surface area contributed by atoms with Gasteiger partial charge in [-0.1, -0.05) is 34.1 Å². The van der Waals surface area contributed by atoms with Gasteiger partial charge in [0, 0.05) is 4.47 Å². The summed E-state index contributed by atoms with van der Waals surface area (Å²) in [5.74, 6) is -2.77. The molecule has 2 N–H and O–H groups in total. The maximum absolute atomic E-state index is 9.10. The fourth-order valence-electron chi connectivity index (χ4n) is 2.01. The molecular formula is C17H15BrN2O5. The largest absolute Gasteiger partial charge is 0.492 e. The molecule has 0 fully saturated rings. The first kappa shape index (κ1) is 18.5. The molecule has 1 heterocycles. The number of nitrogens with zero attached hydrogens (tertiary/aromatic N) is 2. The van der Waals surface area contributed by atoms with Crippen molar-refractivity contribution in [2.24, 2.45) is 0 Å². The number of aromatic nitrogens is 2. The molecule has 25 heavy (non-hydrogen) atoms. The number of imidazole rings is 1. The second kappa shape index (κ2) is 8.84. The molecule has 3 rings (SSSR count). The molecule has 0 bridgehead atoms. The van der Waals surface area contributed by atoms with E-state index in [2.05, 4.69) is 31.5 Å². The van der Waals surface area contributed by atoms with Gasteiger partial charge in [0.25, 0.3) is 0 Å².